The first-order chi connectivity index (χ1) is 11.1. The Labute approximate surface area is 149 Å². The summed E-state index contributed by atoms with van der Waals surface area (Å²) in [6.07, 6.45) is 5.23. The van der Waals surface area contributed by atoms with Crippen LogP contribution in [0.4, 0.5) is 0 Å². The third-order valence-corrected chi connectivity index (χ3v) is 13.3. The van der Waals surface area contributed by atoms with Crippen molar-refractivity contribution in [2.75, 3.05) is 26.3 Å². The number of hydrogen-bond acceptors (Lipinski definition) is 3. The van der Waals surface area contributed by atoms with Crippen LogP contribution in [0.3, 0.4) is 0 Å². The van der Waals surface area contributed by atoms with Crippen LogP contribution in [0.25, 0.3) is 0 Å². The van der Waals surface area contributed by atoms with Crippen LogP contribution in [0.2, 0.25) is 24.2 Å². The molecule has 0 aliphatic carbocycles. The Bertz CT molecular complexity index is 249. The van der Waals surface area contributed by atoms with E-state index in [9.17, 15) is 0 Å². The highest BCUT2D eigenvalue weighted by Gasteiger charge is 2.33. The van der Waals surface area contributed by atoms with Crippen LogP contribution in [-0.4, -0.2) is 48.4 Å². The fourth-order valence-electron chi connectivity index (χ4n) is 3.56. The van der Waals surface area contributed by atoms with E-state index in [0.717, 1.165) is 13.2 Å². The molecule has 140 valence electrons. The van der Waals surface area contributed by atoms with E-state index in [1.807, 2.05) is 0 Å². The molecule has 0 aromatic heterocycles. The lowest BCUT2D eigenvalue weighted by atomic mass is 10.3. The smallest absolute Gasteiger partial charge is 0.321 e. The highest BCUT2D eigenvalue weighted by atomic mass is 28.3. The Morgan fingerprint density at radius 1 is 0.739 bits per heavy atom. The highest BCUT2D eigenvalue weighted by Crippen LogP contribution is 2.26. The Hall–Kier alpha value is 0.314. The van der Waals surface area contributed by atoms with Crippen molar-refractivity contribution >= 4 is 17.5 Å². The first kappa shape index (κ1) is 23.3. The average Bonchev–Trinajstić information content (AvgIpc) is 2.57. The molecule has 0 atom stereocenters. The first-order valence-corrected chi connectivity index (χ1v) is 14.4. The zero-order valence-corrected chi connectivity index (χ0v) is 19.0. The molecule has 5 heteroatoms. The second-order valence-corrected chi connectivity index (χ2v) is 13.8. The summed E-state index contributed by atoms with van der Waals surface area (Å²) in [4.78, 5) is 0. The van der Waals surface area contributed by atoms with Crippen LogP contribution < -0.4 is 0 Å². The summed E-state index contributed by atoms with van der Waals surface area (Å²) in [6, 6.07) is 5.37. The monoisotopic (exact) mass is 361 g/mol. The number of nitrogens with zero attached hydrogens (tertiary/aromatic N) is 1. The van der Waals surface area contributed by atoms with Crippen molar-refractivity contribution in [2.24, 2.45) is 0 Å². The molecule has 0 N–H and O–H groups in total. The van der Waals surface area contributed by atoms with Crippen molar-refractivity contribution in [3.8, 4) is 0 Å². The van der Waals surface area contributed by atoms with Gasteiger partial charge in [0.15, 0.2) is 0 Å². The van der Waals surface area contributed by atoms with Gasteiger partial charge in [0.25, 0.3) is 0 Å². The molecule has 3 nitrogen and oxygen atoms in total. The molecule has 0 rings (SSSR count). The lowest BCUT2D eigenvalue weighted by Crippen LogP contribution is -2.52. The molecule has 0 bridgehead atoms. The van der Waals surface area contributed by atoms with Gasteiger partial charge in [0.05, 0.1) is 0 Å². The van der Waals surface area contributed by atoms with Crippen molar-refractivity contribution in [1.29, 1.82) is 0 Å². The molecule has 0 heterocycles. The second kappa shape index (κ2) is 14.6. The largest absolute Gasteiger partial charge is 0.397 e. The molecule has 0 saturated heterocycles. The average molecular weight is 362 g/mol. The minimum atomic E-state index is -1.39. The number of unbranched alkanes of at least 4 members (excludes halogenated alkanes) is 2. The summed E-state index contributed by atoms with van der Waals surface area (Å²) in [7, 11) is -2.60. The van der Waals surface area contributed by atoms with Crippen molar-refractivity contribution in [3.05, 3.63) is 0 Å². The van der Waals surface area contributed by atoms with Crippen LogP contribution >= 0.6 is 0 Å². The molecule has 0 aliphatic heterocycles. The molecular formula is C18H43NO2Si2. The van der Waals surface area contributed by atoms with Gasteiger partial charge in [-0.25, -0.2) is 0 Å². The minimum Gasteiger partial charge on any atom is -0.397 e. The Balaban J connectivity index is 4.43. The van der Waals surface area contributed by atoms with E-state index in [-0.39, 0.29) is 0 Å². The Morgan fingerprint density at radius 2 is 1.26 bits per heavy atom. The van der Waals surface area contributed by atoms with E-state index in [4.69, 9.17) is 8.85 Å². The molecule has 0 fully saturated rings. The van der Waals surface area contributed by atoms with Crippen LogP contribution in [0.5, 0.6) is 0 Å². The van der Waals surface area contributed by atoms with Crippen LogP contribution in [0, 0.1) is 0 Å². The molecule has 0 aromatic carbocycles. The van der Waals surface area contributed by atoms with Gasteiger partial charge in [-0.05, 0) is 64.0 Å². The SMILES string of the molecule is CCCCN(CCCC[SiH](OCC)OCC)[Si](CC)(CC)CC. The van der Waals surface area contributed by atoms with Crippen molar-refractivity contribution in [1.82, 2.24) is 4.57 Å². The summed E-state index contributed by atoms with van der Waals surface area (Å²) < 4.78 is 14.5. The molecule has 0 saturated carbocycles. The summed E-state index contributed by atoms with van der Waals surface area (Å²) in [5.41, 5.74) is 0. The maximum atomic E-state index is 5.80. The van der Waals surface area contributed by atoms with Gasteiger partial charge in [-0.2, -0.15) is 0 Å². The maximum Gasteiger partial charge on any atom is 0.321 e. The van der Waals surface area contributed by atoms with E-state index in [0.29, 0.717) is 0 Å². The molecule has 0 amide bonds. The quantitative estimate of drug-likeness (QED) is 0.280. The van der Waals surface area contributed by atoms with Gasteiger partial charge in [0.1, 0.15) is 8.24 Å². The summed E-state index contributed by atoms with van der Waals surface area (Å²) in [6.45, 7) is 17.9. The zero-order valence-electron chi connectivity index (χ0n) is 16.8. The minimum absolute atomic E-state index is 0.803. The van der Waals surface area contributed by atoms with Crippen LogP contribution in [0.1, 0.15) is 67.2 Å². The van der Waals surface area contributed by atoms with Gasteiger partial charge in [-0.1, -0.05) is 40.5 Å². The normalized spacial score (nSPS) is 12.5. The Kier molecular flexibility index (Phi) is 14.8. The second-order valence-electron chi connectivity index (χ2n) is 6.46. The molecule has 0 spiro atoms. The van der Waals surface area contributed by atoms with Crippen molar-refractivity contribution in [2.45, 2.75) is 91.4 Å². The summed E-state index contributed by atoms with van der Waals surface area (Å²) in [5, 5.41) is 0. The fraction of sp³-hybridized carbons (Fsp3) is 1.00. The van der Waals surface area contributed by atoms with Gasteiger partial charge in [-0.15, -0.1) is 0 Å². The topological polar surface area (TPSA) is 21.7 Å². The predicted octanol–water partition coefficient (Wildman–Crippen LogP) is 5.17. The molecule has 23 heavy (non-hydrogen) atoms. The highest BCUT2D eigenvalue weighted by molar-refractivity contribution is 6.77. The molecule has 0 radical (unpaired) electrons. The van der Waals surface area contributed by atoms with E-state index < -0.39 is 17.5 Å². The van der Waals surface area contributed by atoms with Gasteiger partial charge < -0.3 is 13.4 Å². The van der Waals surface area contributed by atoms with E-state index in [1.54, 1.807) is 0 Å². The lowest BCUT2D eigenvalue weighted by molar-refractivity contribution is 0.212. The van der Waals surface area contributed by atoms with Gasteiger partial charge in [0, 0.05) is 13.2 Å². The summed E-state index contributed by atoms with van der Waals surface area (Å²) in [5.74, 6) is 0. The predicted molar refractivity (Wildman–Crippen MR) is 108 cm³/mol. The molecular weight excluding hydrogens is 318 g/mol. The Morgan fingerprint density at radius 3 is 1.70 bits per heavy atom. The van der Waals surface area contributed by atoms with E-state index >= 15 is 0 Å². The summed E-state index contributed by atoms with van der Waals surface area (Å²) >= 11 is 0. The zero-order chi connectivity index (χ0) is 17.6. The molecule has 0 unspecified atom stereocenters. The number of hydrogen-bond donors (Lipinski definition) is 0. The van der Waals surface area contributed by atoms with Gasteiger partial charge in [-0.3, -0.25) is 0 Å². The third kappa shape index (κ3) is 8.82. The fourth-order valence-corrected chi connectivity index (χ4v) is 9.46. The van der Waals surface area contributed by atoms with Gasteiger partial charge in [0.2, 0.25) is 0 Å². The lowest BCUT2D eigenvalue weighted by Gasteiger charge is -2.41. The standard InChI is InChI=1S/C18H43NO2Si2/c1-7-13-16-19(23(10-4,11-5)12-6)17-14-15-18-22(20-8-2)21-9-3/h22H,7-18H2,1-6H3. The molecule has 0 aliphatic rings. The van der Waals surface area contributed by atoms with Crippen LogP contribution in [-0.2, 0) is 8.85 Å². The number of rotatable bonds is 16. The van der Waals surface area contributed by atoms with Crippen molar-refractivity contribution < 1.29 is 8.85 Å². The molecule has 0 aromatic rings. The van der Waals surface area contributed by atoms with E-state index in [2.05, 4.69) is 46.1 Å². The maximum absolute atomic E-state index is 5.80. The van der Waals surface area contributed by atoms with Crippen molar-refractivity contribution in [3.63, 3.8) is 0 Å². The first-order valence-electron chi connectivity index (χ1n) is 10.1. The van der Waals surface area contributed by atoms with Crippen LogP contribution in [0.15, 0.2) is 0 Å². The third-order valence-electron chi connectivity index (χ3n) is 5.25. The van der Waals surface area contributed by atoms with Gasteiger partial charge >= 0.3 is 9.28 Å². The van der Waals surface area contributed by atoms with E-state index in [1.165, 1.54) is 62.9 Å².